The third kappa shape index (κ3) is 5.34. The van der Waals surface area contributed by atoms with Crippen molar-refractivity contribution in [2.75, 3.05) is 11.5 Å². The smallest absolute Gasteiger partial charge is 0.230 e. The fraction of sp³-hybridized carbons (Fsp3) is 0.273. The molecule has 3 aromatic rings. The Kier molecular flexibility index (Phi) is 7.23. The third-order valence-corrected chi connectivity index (χ3v) is 5.84. The minimum Gasteiger partial charge on any atom is -0.444 e. The van der Waals surface area contributed by atoms with Crippen LogP contribution in [0.15, 0.2) is 59.2 Å². The van der Waals surface area contributed by atoms with Gasteiger partial charge in [0.25, 0.3) is 0 Å². The molecular weight excluding hydrogens is 406 g/mol. The molecule has 5 nitrogen and oxygen atoms in total. The Morgan fingerprint density at radius 1 is 1.24 bits per heavy atom. The standard InChI is InChI=1S/C22H23N3O2S.ClH/c23-17-9-10-19-16(11-17)7-4-8-20(19)25-21(26)14-28-13-18-12-27-22(24-18)15-5-2-1-3-6-15;/h1-3,5-6,9-12,20H,4,7-8,13-14,23H2,(H,25,26);1H. The van der Waals surface area contributed by atoms with Crippen LogP contribution in [0.25, 0.3) is 11.5 Å². The van der Waals surface area contributed by atoms with Crippen molar-refractivity contribution < 1.29 is 9.21 Å². The van der Waals surface area contributed by atoms with Gasteiger partial charge in [0.1, 0.15) is 6.26 Å². The summed E-state index contributed by atoms with van der Waals surface area (Å²) in [4.78, 5) is 16.9. The van der Waals surface area contributed by atoms with Crippen LogP contribution in [0, 0.1) is 0 Å². The summed E-state index contributed by atoms with van der Waals surface area (Å²) in [6, 6.07) is 15.9. The Morgan fingerprint density at radius 2 is 2.07 bits per heavy atom. The van der Waals surface area contributed by atoms with Crippen molar-refractivity contribution in [3.05, 3.63) is 71.6 Å². The fourth-order valence-electron chi connectivity index (χ4n) is 3.56. The van der Waals surface area contributed by atoms with Crippen molar-refractivity contribution in [3.8, 4) is 11.5 Å². The monoisotopic (exact) mass is 429 g/mol. The van der Waals surface area contributed by atoms with Gasteiger partial charge in [-0.05, 0) is 54.7 Å². The zero-order chi connectivity index (χ0) is 19.3. The van der Waals surface area contributed by atoms with E-state index in [1.165, 1.54) is 11.1 Å². The topological polar surface area (TPSA) is 81.1 Å². The third-order valence-electron chi connectivity index (χ3n) is 4.87. The average molecular weight is 430 g/mol. The van der Waals surface area contributed by atoms with E-state index in [1.807, 2.05) is 48.5 Å². The number of rotatable bonds is 6. The molecule has 1 atom stereocenters. The van der Waals surface area contributed by atoms with Crippen LogP contribution >= 0.6 is 24.2 Å². The number of thioether (sulfide) groups is 1. The lowest BCUT2D eigenvalue weighted by Crippen LogP contribution is -2.32. The number of nitrogens with zero attached hydrogens (tertiary/aromatic N) is 1. The lowest BCUT2D eigenvalue weighted by atomic mass is 9.87. The minimum atomic E-state index is 0. The molecule has 0 radical (unpaired) electrons. The molecule has 1 aliphatic carbocycles. The summed E-state index contributed by atoms with van der Waals surface area (Å²) < 4.78 is 5.54. The molecule has 29 heavy (non-hydrogen) atoms. The maximum absolute atomic E-state index is 12.4. The number of benzene rings is 2. The summed E-state index contributed by atoms with van der Waals surface area (Å²) in [7, 11) is 0. The van der Waals surface area contributed by atoms with Gasteiger partial charge in [-0.1, -0.05) is 24.3 Å². The van der Waals surface area contributed by atoms with Crippen LogP contribution in [0.4, 0.5) is 5.69 Å². The van der Waals surface area contributed by atoms with Crippen LogP contribution in [0.5, 0.6) is 0 Å². The van der Waals surface area contributed by atoms with Crippen LogP contribution in [0.1, 0.15) is 35.7 Å². The second kappa shape index (κ2) is 9.85. The average Bonchev–Trinajstić information content (AvgIpc) is 3.17. The molecule has 0 fully saturated rings. The van der Waals surface area contributed by atoms with Crippen LogP contribution in [0.2, 0.25) is 0 Å². The molecule has 2 aromatic carbocycles. The summed E-state index contributed by atoms with van der Waals surface area (Å²) in [6.07, 6.45) is 4.72. The molecule has 0 saturated carbocycles. The number of nitrogens with one attached hydrogen (secondary N) is 1. The van der Waals surface area contributed by atoms with Gasteiger partial charge in [0, 0.05) is 17.0 Å². The van der Waals surface area contributed by atoms with Crippen molar-refractivity contribution in [1.29, 1.82) is 0 Å². The van der Waals surface area contributed by atoms with Crippen LogP contribution in [-0.4, -0.2) is 16.6 Å². The molecule has 0 bridgehead atoms. The van der Waals surface area contributed by atoms with Crippen molar-refractivity contribution >= 4 is 35.8 Å². The molecule has 0 spiro atoms. The summed E-state index contributed by atoms with van der Waals surface area (Å²) >= 11 is 1.54. The number of halogens is 1. The van der Waals surface area contributed by atoms with E-state index >= 15 is 0 Å². The molecule has 1 amide bonds. The molecule has 3 N–H and O–H groups in total. The normalized spacial score (nSPS) is 15.2. The maximum Gasteiger partial charge on any atom is 0.230 e. The van der Waals surface area contributed by atoms with E-state index in [-0.39, 0.29) is 24.4 Å². The summed E-state index contributed by atoms with van der Waals surface area (Å²) in [5, 5.41) is 3.17. The van der Waals surface area contributed by atoms with Crippen molar-refractivity contribution in [2.24, 2.45) is 0 Å². The summed E-state index contributed by atoms with van der Waals surface area (Å²) in [6.45, 7) is 0. The number of oxazole rings is 1. The van der Waals surface area contributed by atoms with Gasteiger partial charge in [0.15, 0.2) is 0 Å². The van der Waals surface area contributed by atoms with Gasteiger partial charge in [-0.15, -0.1) is 24.2 Å². The van der Waals surface area contributed by atoms with Gasteiger partial charge in [-0.25, -0.2) is 4.98 Å². The second-order valence-electron chi connectivity index (χ2n) is 6.97. The number of hydrogen-bond donors (Lipinski definition) is 2. The lowest BCUT2D eigenvalue weighted by molar-refractivity contribution is -0.119. The zero-order valence-electron chi connectivity index (χ0n) is 16.0. The van der Waals surface area contributed by atoms with Crippen LogP contribution in [0.3, 0.4) is 0 Å². The fourth-order valence-corrected chi connectivity index (χ4v) is 4.27. The largest absolute Gasteiger partial charge is 0.444 e. The molecule has 4 rings (SSSR count). The van der Waals surface area contributed by atoms with E-state index in [0.717, 1.165) is 36.2 Å². The molecule has 7 heteroatoms. The highest BCUT2D eigenvalue weighted by Crippen LogP contribution is 2.31. The van der Waals surface area contributed by atoms with Gasteiger partial charge in [-0.2, -0.15) is 0 Å². The predicted octanol–water partition coefficient (Wildman–Crippen LogP) is 4.77. The Morgan fingerprint density at radius 3 is 2.90 bits per heavy atom. The van der Waals surface area contributed by atoms with Crippen molar-refractivity contribution in [1.82, 2.24) is 10.3 Å². The Labute approximate surface area is 180 Å². The minimum absolute atomic E-state index is 0. The molecule has 1 unspecified atom stereocenters. The summed E-state index contributed by atoms with van der Waals surface area (Å²) in [5.74, 6) is 1.70. The second-order valence-corrected chi connectivity index (χ2v) is 7.96. The lowest BCUT2D eigenvalue weighted by Gasteiger charge is -2.26. The van der Waals surface area contributed by atoms with E-state index in [2.05, 4.69) is 10.3 Å². The molecule has 1 aliphatic rings. The molecule has 0 aliphatic heterocycles. The Balaban J connectivity index is 0.00000240. The van der Waals surface area contributed by atoms with E-state index < -0.39 is 0 Å². The van der Waals surface area contributed by atoms with Gasteiger partial charge in [0.2, 0.25) is 11.8 Å². The highest BCUT2D eigenvalue weighted by molar-refractivity contribution is 7.99. The number of anilines is 1. The number of amides is 1. The first-order valence-electron chi connectivity index (χ1n) is 9.44. The SMILES string of the molecule is Cl.Nc1ccc2c(c1)CCCC2NC(=O)CSCc1coc(-c2ccccc2)n1. The highest BCUT2D eigenvalue weighted by atomic mass is 35.5. The number of carbonyl (C=O) groups is 1. The van der Waals surface area contributed by atoms with E-state index in [1.54, 1.807) is 18.0 Å². The number of nitrogen functional groups attached to an aromatic ring is 1. The number of carbonyl (C=O) groups excluding carboxylic acids is 1. The first kappa shape index (κ1) is 21.3. The predicted molar refractivity (Wildman–Crippen MR) is 120 cm³/mol. The van der Waals surface area contributed by atoms with Crippen molar-refractivity contribution in [2.45, 2.75) is 31.1 Å². The van der Waals surface area contributed by atoms with Crippen molar-refractivity contribution in [3.63, 3.8) is 0 Å². The number of fused-ring (bicyclic) bond motifs is 1. The maximum atomic E-state index is 12.4. The Hall–Kier alpha value is -2.44. The van der Waals surface area contributed by atoms with Gasteiger partial charge >= 0.3 is 0 Å². The van der Waals surface area contributed by atoms with E-state index in [9.17, 15) is 4.79 Å². The molecule has 0 saturated heterocycles. The zero-order valence-corrected chi connectivity index (χ0v) is 17.6. The number of aryl methyl sites for hydroxylation is 1. The molecular formula is C22H24ClN3O2S. The molecule has 1 heterocycles. The molecule has 152 valence electrons. The number of hydrogen-bond acceptors (Lipinski definition) is 5. The van der Waals surface area contributed by atoms with E-state index in [4.69, 9.17) is 10.2 Å². The van der Waals surface area contributed by atoms with Crippen LogP contribution < -0.4 is 11.1 Å². The number of nitrogens with two attached hydrogens (primary N) is 1. The van der Waals surface area contributed by atoms with Gasteiger partial charge in [0.05, 0.1) is 17.5 Å². The van der Waals surface area contributed by atoms with Gasteiger partial charge in [-0.3, -0.25) is 4.79 Å². The highest BCUT2D eigenvalue weighted by Gasteiger charge is 2.21. The number of aromatic nitrogens is 1. The van der Waals surface area contributed by atoms with Gasteiger partial charge < -0.3 is 15.5 Å². The first-order valence-corrected chi connectivity index (χ1v) is 10.6. The summed E-state index contributed by atoms with van der Waals surface area (Å²) in [5.41, 5.74) is 10.9. The molecule has 1 aromatic heterocycles. The van der Waals surface area contributed by atoms with E-state index in [0.29, 0.717) is 17.4 Å². The Bertz CT molecular complexity index is 962. The first-order chi connectivity index (χ1) is 13.7. The quantitative estimate of drug-likeness (QED) is 0.551. The van der Waals surface area contributed by atoms with Crippen LogP contribution in [-0.2, 0) is 17.0 Å².